The van der Waals surface area contributed by atoms with Gasteiger partial charge in [0.15, 0.2) is 0 Å². The van der Waals surface area contributed by atoms with Gasteiger partial charge in [0.2, 0.25) is 0 Å². The van der Waals surface area contributed by atoms with Crippen LogP contribution in [0.3, 0.4) is 0 Å². The van der Waals surface area contributed by atoms with Crippen LogP contribution in [0.4, 0.5) is 0 Å². The standard InChI is InChI=1S/C21H16N2/c1-13-16-6-2-3-7-18(16)21(23-22-13)19-12-11-15-10-9-14-5-4-8-17(19)20(14)15/h2-8,11-12H,9-10H2,1H3. The lowest BCUT2D eigenvalue weighted by Gasteiger charge is -2.11. The number of aromatic nitrogens is 2. The fourth-order valence-electron chi connectivity index (χ4n) is 3.89. The van der Waals surface area contributed by atoms with Crippen molar-refractivity contribution in [2.45, 2.75) is 19.8 Å². The molecule has 2 heteroatoms. The van der Waals surface area contributed by atoms with Crippen LogP contribution < -0.4 is 0 Å². The second-order valence-corrected chi connectivity index (χ2v) is 6.29. The molecule has 0 fully saturated rings. The number of rotatable bonds is 1. The molecule has 1 aromatic heterocycles. The molecule has 0 saturated carbocycles. The number of benzene rings is 3. The van der Waals surface area contributed by atoms with Crippen molar-refractivity contribution in [3.63, 3.8) is 0 Å². The molecule has 0 unspecified atom stereocenters. The van der Waals surface area contributed by atoms with Gasteiger partial charge in [-0.2, -0.15) is 5.10 Å². The maximum Gasteiger partial charge on any atom is 0.101 e. The average molecular weight is 296 g/mol. The third kappa shape index (κ3) is 1.75. The summed E-state index contributed by atoms with van der Waals surface area (Å²) >= 11 is 0. The molecular weight excluding hydrogens is 280 g/mol. The van der Waals surface area contributed by atoms with Gasteiger partial charge in [0.25, 0.3) is 0 Å². The van der Waals surface area contributed by atoms with Crippen LogP contribution >= 0.6 is 0 Å². The van der Waals surface area contributed by atoms with Gasteiger partial charge in [0.1, 0.15) is 5.69 Å². The zero-order valence-electron chi connectivity index (χ0n) is 13.0. The zero-order chi connectivity index (χ0) is 15.4. The summed E-state index contributed by atoms with van der Waals surface area (Å²) in [4.78, 5) is 0. The molecule has 0 radical (unpaired) electrons. The Morgan fingerprint density at radius 1 is 0.696 bits per heavy atom. The van der Waals surface area contributed by atoms with Crippen molar-refractivity contribution >= 4 is 21.5 Å². The van der Waals surface area contributed by atoms with Gasteiger partial charge in [-0.25, -0.2) is 0 Å². The van der Waals surface area contributed by atoms with E-state index in [1.54, 1.807) is 0 Å². The lowest BCUT2D eigenvalue weighted by atomic mass is 9.95. The van der Waals surface area contributed by atoms with Gasteiger partial charge in [-0.15, -0.1) is 5.10 Å². The van der Waals surface area contributed by atoms with E-state index >= 15 is 0 Å². The van der Waals surface area contributed by atoms with Crippen molar-refractivity contribution in [3.8, 4) is 11.3 Å². The Bertz CT molecular complexity index is 1070. The first-order valence-corrected chi connectivity index (χ1v) is 8.09. The smallest absolute Gasteiger partial charge is 0.101 e. The number of nitrogens with zero attached hydrogens (tertiary/aromatic N) is 2. The van der Waals surface area contributed by atoms with Crippen molar-refractivity contribution < 1.29 is 0 Å². The van der Waals surface area contributed by atoms with Gasteiger partial charge in [-0.05, 0) is 41.7 Å². The van der Waals surface area contributed by atoms with Gasteiger partial charge in [-0.1, -0.05) is 54.6 Å². The van der Waals surface area contributed by atoms with Crippen molar-refractivity contribution in [2.75, 3.05) is 0 Å². The fraction of sp³-hybridized carbons (Fsp3) is 0.143. The molecule has 0 amide bonds. The largest absolute Gasteiger partial charge is 0.155 e. The van der Waals surface area contributed by atoms with E-state index in [0.717, 1.165) is 24.2 Å². The molecule has 2 nitrogen and oxygen atoms in total. The monoisotopic (exact) mass is 296 g/mol. The minimum Gasteiger partial charge on any atom is -0.155 e. The summed E-state index contributed by atoms with van der Waals surface area (Å²) in [6.07, 6.45) is 2.30. The van der Waals surface area contributed by atoms with Gasteiger partial charge < -0.3 is 0 Å². The molecule has 23 heavy (non-hydrogen) atoms. The molecule has 110 valence electrons. The van der Waals surface area contributed by atoms with Crippen LogP contribution in [0.15, 0.2) is 54.6 Å². The summed E-state index contributed by atoms with van der Waals surface area (Å²) in [5.41, 5.74) is 6.08. The predicted octanol–water partition coefficient (Wildman–Crippen LogP) is 4.86. The van der Waals surface area contributed by atoms with Crippen LogP contribution in [0.5, 0.6) is 0 Å². The molecule has 4 aromatic rings. The summed E-state index contributed by atoms with van der Waals surface area (Å²) in [7, 11) is 0. The molecule has 0 N–H and O–H groups in total. The first kappa shape index (κ1) is 12.8. The summed E-state index contributed by atoms with van der Waals surface area (Å²) < 4.78 is 0. The Hall–Kier alpha value is -2.74. The summed E-state index contributed by atoms with van der Waals surface area (Å²) in [6, 6.07) is 19.5. The summed E-state index contributed by atoms with van der Waals surface area (Å²) in [5, 5.41) is 14.1. The highest BCUT2D eigenvalue weighted by atomic mass is 15.1. The van der Waals surface area contributed by atoms with Crippen LogP contribution in [-0.4, -0.2) is 10.2 Å². The third-order valence-electron chi connectivity index (χ3n) is 5.00. The van der Waals surface area contributed by atoms with Crippen molar-refractivity contribution in [2.24, 2.45) is 0 Å². The molecule has 0 bridgehead atoms. The van der Waals surface area contributed by atoms with Gasteiger partial charge in [0, 0.05) is 16.3 Å². The van der Waals surface area contributed by atoms with Crippen molar-refractivity contribution in [3.05, 3.63) is 71.4 Å². The second-order valence-electron chi connectivity index (χ2n) is 6.29. The fourth-order valence-corrected chi connectivity index (χ4v) is 3.89. The lowest BCUT2D eigenvalue weighted by Crippen LogP contribution is -1.95. The minimum atomic E-state index is 0.982. The second kappa shape index (κ2) is 4.63. The van der Waals surface area contributed by atoms with Crippen molar-refractivity contribution in [1.29, 1.82) is 0 Å². The molecular formula is C21H16N2. The molecule has 1 aliphatic carbocycles. The van der Waals surface area contributed by atoms with Crippen LogP contribution in [0.2, 0.25) is 0 Å². The first-order chi connectivity index (χ1) is 11.3. The van der Waals surface area contributed by atoms with Crippen LogP contribution in [0.1, 0.15) is 16.8 Å². The molecule has 0 atom stereocenters. The van der Waals surface area contributed by atoms with Gasteiger partial charge in [-0.3, -0.25) is 0 Å². The quantitative estimate of drug-likeness (QED) is 0.501. The normalized spacial score (nSPS) is 13.1. The number of fused-ring (bicyclic) bond motifs is 1. The third-order valence-corrected chi connectivity index (χ3v) is 5.00. The highest BCUT2D eigenvalue weighted by Crippen LogP contribution is 2.38. The minimum absolute atomic E-state index is 0.982. The average Bonchev–Trinajstić information content (AvgIpc) is 3.02. The Morgan fingerprint density at radius 2 is 1.43 bits per heavy atom. The van der Waals surface area contributed by atoms with Crippen molar-refractivity contribution in [1.82, 2.24) is 10.2 Å². The molecule has 3 aromatic carbocycles. The molecule has 5 rings (SSSR count). The predicted molar refractivity (Wildman–Crippen MR) is 94.6 cm³/mol. The van der Waals surface area contributed by atoms with E-state index in [2.05, 4.69) is 64.8 Å². The van der Waals surface area contributed by atoms with E-state index < -0.39 is 0 Å². The molecule has 0 aliphatic heterocycles. The zero-order valence-corrected chi connectivity index (χ0v) is 13.0. The van der Waals surface area contributed by atoms with E-state index in [1.165, 1.54) is 38.2 Å². The van der Waals surface area contributed by atoms with Crippen LogP contribution in [0.25, 0.3) is 32.8 Å². The van der Waals surface area contributed by atoms with Crippen LogP contribution in [-0.2, 0) is 12.8 Å². The highest BCUT2D eigenvalue weighted by molar-refractivity contribution is 6.06. The van der Waals surface area contributed by atoms with Crippen LogP contribution in [0, 0.1) is 6.92 Å². The van der Waals surface area contributed by atoms with E-state index in [-0.39, 0.29) is 0 Å². The molecule has 1 heterocycles. The van der Waals surface area contributed by atoms with E-state index in [9.17, 15) is 0 Å². The first-order valence-electron chi connectivity index (χ1n) is 8.09. The Morgan fingerprint density at radius 3 is 2.30 bits per heavy atom. The number of hydrogen-bond donors (Lipinski definition) is 0. The highest BCUT2D eigenvalue weighted by Gasteiger charge is 2.18. The Labute approximate surface area is 134 Å². The molecule has 0 spiro atoms. The Kier molecular flexibility index (Phi) is 2.57. The molecule has 1 aliphatic rings. The van der Waals surface area contributed by atoms with Gasteiger partial charge in [0.05, 0.1) is 5.69 Å². The molecule has 0 saturated heterocycles. The maximum absolute atomic E-state index is 4.56. The lowest BCUT2D eigenvalue weighted by molar-refractivity contribution is 1.01. The number of aryl methyl sites for hydroxylation is 3. The Balaban J connectivity index is 1.91. The maximum atomic E-state index is 4.56. The summed E-state index contributed by atoms with van der Waals surface area (Å²) in [5.74, 6) is 0. The van der Waals surface area contributed by atoms with E-state index in [4.69, 9.17) is 0 Å². The SMILES string of the molecule is Cc1nnc(-c2ccc3c4c(cccc24)CC3)c2ccccc12. The van der Waals surface area contributed by atoms with E-state index in [0.29, 0.717) is 0 Å². The summed E-state index contributed by atoms with van der Waals surface area (Å²) in [6.45, 7) is 2.02. The number of hydrogen-bond acceptors (Lipinski definition) is 2. The topological polar surface area (TPSA) is 25.8 Å². The van der Waals surface area contributed by atoms with Gasteiger partial charge >= 0.3 is 0 Å². The van der Waals surface area contributed by atoms with E-state index in [1.807, 2.05) is 6.92 Å².